The molecule has 1 aliphatic heterocycles. The number of alkyl halides is 6. The van der Waals surface area contributed by atoms with Crippen molar-refractivity contribution < 1.29 is 36.2 Å². The van der Waals surface area contributed by atoms with Crippen LogP contribution in [-0.2, 0) is 24.3 Å². The van der Waals surface area contributed by atoms with Crippen molar-refractivity contribution in [1.29, 1.82) is 0 Å². The molecule has 0 bridgehead atoms. The van der Waals surface area contributed by atoms with E-state index in [1.54, 1.807) is 31.2 Å². The number of aliphatic hydroxyl groups excluding tert-OH is 1. The van der Waals surface area contributed by atoms with Gasteiger partial charge in [-0.05, 0) is 68.5 Å². The Balaban J connectivity index is 2.14. The van der Waals surface area contributed by atoms with Gasteiger partial charge in [-0.3, -0.25) is 4.90 Å². The highest BCUT2D eigenvalue weighted by molar-refractivity contribution is 5.42. The third-order valence-corrected chi connectivity index (χ3v) is 6.36. The van der Waals surface area contributed by atoms with Gasteiger partial charge in [-0.1, -0.05) is 18.2 Å². The molecule has 2 atom stereocenters. The molecule has 1 saturated heterocycles. The average Bonchev–Trinajstić information content (AvgIpc) is 2.77. The van der Waals surface area contributed by atoms with Crippen molar-refractivity contribution in [3.05, 3.63) is 64.7 Å². The molecule has 1 heterocycles. The molecule has 0 radical (unpaired) electrons. The number of rotatable bonds is 6. The number of likely N-dealkylation sites (tertiary alicyclic amines) is 1. The lowest BCUT2D eigenvalue weighted by Gasteiger charge is -2.46. The largest absolute Gasteiger partial charge is 0.496 e. The van der Waals surface area contributed by atoms with E-state index in [-0.39, 0.29) is 30.6 Å². The molecule has 1 fully saturated rings. The van der Waals surface area contributed by atoms with Crippen LogP contribution in [0.2, 0.25) is 0 Å². The zero-order valence-electron chi connectivity index (χ0n) is 18.4. The van der Waals surface area contributed by atoms with Crippen LogP contribution in [0.3, 0.4) is 0 Å². The molecule has 2 aromatic carbocycles. The third kappa shape index (κ3) is 5.63. The Morgan fingerprint density at radius 2 is 1.61 bits per heavy atom. The van der Waals surface area contributed by atoms with E-state index in [1.807, 2.05) is 4.90 Å². The summed E-state index contributed by atoms with van der Waals surface area (Å²) in [5, 5.41) is 9.69. The van der Waals surface area contributed by atoms with Gasteiger partial charge < -0.3 is 9.84 Å². The van der Waals surface area contributed by atoms with Gasteiger partial charge in [0.05, 0.1) is 23.8 Å². The van der Waals surface area contributed by atoms with Crippen molar-refractivity contribution in [2.45, 2.75) is 44.1 Å². The number of benzene rings is 2. The summed E-state index contributed by atoms with van der Waals surface area (Å²) in [5.74, 6) is 0.467. The van der Waals surface area contributed by atoms with Crippen molar-refractivity contribution >= 4 is 0 Å². The second kappa shape index (κ2) is 9.54. The fourth-order valence-electron chi connectivity index (χ4n) is 4.65. The first-order valence-electron chi connectivity index (χ1n) is 10.7. The molecule has 9 heteroatoms. The number of nitrogens with zero attached hydrogens (tertiary/aromatic N) is 1. The predicted molar refractivity (Wildman–Crippen MR) is 112 cm³/mol. The highest BCUT2D eigenvalue weighted by Crippen LogP contribution is 2.42. The van der Waals surface area contributed by atoms with Crippen molar-refractivity contribution in [3.8, 4) is 5.75 Å². The van der Waals surface area contributed by atoms with Gasteiger partial charge in [-0.2, -0.15) is 26.3 Å². The van der Waals surface area contributed by atoms with Crippen LogP contribution in [-0.4, -0.2) is 36.8 Å². The summed E-state index contributed by atoms with van der Waals surface area (Å²) in [6.45, 7) is 2.82. The number of methoxy groups -OCH3 is 1. The van der Waals surface area contributed by atoms with Crippen LogP contribution in [0.1, 0.15) is 42.0 Å². The number of piperidine rings is 1. The number of aliphatic hydroxyl groups is 1. The first kappa shape index (κ1) is 25.4. The zero-order chi connectivity index (χ0) is 24.4. The monoisotopic (exact) mass is 475 g/mol. The van der Waals surface area contributed by atoms with Gasteiger partial charge in [0, 0.05) is 18.7 Å². The number of hydrogen-bond acceptors (Lipinski definition) is 3. The molecule has 0 aromatic heterocycles. The minimum absolute atomic E-state index is 0.0278. The summed E-state index contributed by atoms with van der Waals surface area (Å²) in [6.07, 6.45) is -8.37. The summed E-state index contributed by atoms with van der Waals surface area (Å²) in [7, 11) is 1.47. The molecule has 0 amide bonds. The fourth-order valence-corrected chi connectivity index (χ4v) is 4.65. The molecule has 1 aliphatic rings. The van der Waals surface area contributed by atoms with Crippen LogP contribution in [0.4, 0.5) is 26.3 Å². The van der Waals surface area contributed by atoms with Crippen LogP contribution in [0.15, 0.2) is 42.5 Å². The van der Waals surface area contributed by atoms with E-state index in [0.29, 0.717) is 24.4 Å². The van der Waals surface area contributed by atoms with Gasteiger partial charge in [0.25, 0.3) is 0 Å². The van der Waals surface area contributed by atoms with Crippen molar-refractivity contribution in [2.75, 3.05) is 26.8 Å². The van der Waals surface area contributed by atoms with E-state index in [9.17, 15) is 31.4 Å². The Morgan fingerprint density at radius 1 is 1.00 bits per heavy atom. The first-order chi connectivity index (χ1) is 15.4. The van der Waals surface area contributed by atoms with E-state index in [0.717, 1.165) is 25.0 Å². The van der Waals surface area contributed by atoms with Gasteiger partial charge in [0.1, 0.15) is 5.75 Å². The smallest absolute Gasteiger partial charge is 0.416 e. The number of ether oxygens (including phenoxy) is 1. The Hall–Kier alpha value is -2.26. The number of hydrogen-bond donors (Lipinski definition) is 1. The SMILES string of the molecule is COc1ccccc1C(C)(Cc1cc(C(F)(F)F)cc(C(F)(F)F)c1)N1CCCC(CO)C1. The van der Waals surface area contributed by atoms with E-state index < -0.39 is 29.0 Å². The average molecular weight is 475 g/mol. The minimum Gasteiger partial charge on any atom is -0.496 e. The van der Waals surface area contributed by atoms with E-state index in [2.05, 4.69) is 0 Å². The van der Waals surface area contributed by atoms with E-state index >= 15 is 0 Å². The Labute approximate surface area is 189 Å². The van der Waals surface area contributed by atoms with Crippen molar-refractivity contribution in [2.24, 2.45) is 5.92 Å². The predicted octanol–water partition coefficient (Wildman–Crippen LogP) is 5.90. The molecule has 0 aliphatic carbocycles. The quantitative estimate of drug-likeness (QED) is 0.529. The second-order valence-electron chi connectivity index (χ2n) is 8.70. The van der Waals surface area contributed by atoms with E-state index in [1.165, 1.54) is 7.11 Å². The first-order valence-corrected chi connectivity index (χ1v) is 10.7. The van der Waals surface area contributed by atoms with Crippen LogP contribution in [0.25, 0.3) is 0 Å². The molecule has 3 rings (SSSR count). The maximum atomic E-state index is 13.4. The molecule has 33 heavy (non-hydrogen) atoms. The highest BCUT2D eigenvalue weighted by atomic mass is 19.4. The summed E-state index contributed by atoms with van der Waals surface area (Å²) in [5.41, 5.74) is -3.04. The molecule has 0 saturated carbocycles. The Bertz CT molecular complexity index is 926. The molecule has 182 valence electrons. The van der Waals surface area contributed by atoms with Crippen molar-refractivity contribution in [3.63, 3.8) is 0 Å². The van der Waals surface area contributed by atoms with Crippen LogP contribution in [0.5, 0.6) is 5.75 Å². The summed E-state index contributed by atoms with van der Waals surface area (Å²) >= 11 is 0. The van der Waals surface area contributed by atoms with Gasteiger partial charge in [0.15, 0.2) is 0 Å². The van der Waals surface area contributed by atoms with Crippen LogP contribution < -0.4 is 4.74 Å². The lowest BCUT2D eigenvalue weighted by Crippen LogP contribution is -2.51. The van der Waals surface area contributed by atoms with Gasteiger partial charge in [-0.25, -0.2) is 0 Å². The van der Waals surface area contributed by atoms with Crippen LogP contribution in [0, 0.1) is 5.92 Å². The van der Waals surface area contributed by atoms with E-state index in [4.69, 9.17) is 4.74 Å². The molecular weight excluding hydrogens is 448 g/mol. The zero-order valence-corrected chi connectivity index (χ0v) is 18.4. The molecule has 2 unspecified atom stereocenters. The normalized spacial score (nSPS) is 19.8. The lowest BCUT2D eigenvalue weighted by molar-refractivity contribution is -0.143. The summed E-state index contributed by atoms with van der Waals surface area (Å²) in [4.78, 5) is 2.03. The maximum absolute atomic E-state index is 13.4. The second-order valence-corrected chi connectivity index (χ2v) is 8.70. The standard InChI is InChI=1S/C24H27F6NO2/c1-22(20-7-3-4-8-21(20)33-2,31-9-5-6-16(14-31)15-32)13-17-10-18(23(25,26)27)12-19(11-17)24(28,29)30/h3-4,7-8,10-12,16,32H,5-6,9,13-15H2,1-2H3. The molecule has 3 nitrogen and oxygen atoms in total. The third-order valence-electron chi connectivity index (χ3n) is 6.36. The Kier molecular flexibility index (Phi) is 7.33. The van der Waals surface area contributed by atoms with Gasteiger partial charge in [0.2, 0.25) is 0 Å². The van der Waals surface area contributed by atoms with Crippen molar-refractivity contribution in [1.82, 2.24) is 4.90 Å². The highest BCUT2D eigenvalue weighted by Gasteiger charge is 2.41. The molecule has 2 aromatic rings. The molecular formula is C24H27F6NO2. The molecule has 0 spiro atoms. The number of para-hydroxylation sites is 1. The lowest BCUT2D eigenvalue weighted by atomic mass is 9.80. The Morgan fingerprint density at radius 3 is 2.15 bits per heavy atom. The summed E-state index contributed by atoms with van der Waals surface area (Å²) in [6, 6.07) is 8.73. The minimum atomic E-state index is -4.91. The van der Waals surface area contributed by atoms with Gasteiger partial charge >= 0.3 is 12.4 Å². The van der Waals surface area contributed by atoms with Crippen LogP contribution >= 0.6 is 0 Å². The number of halogens is 6. The summed E-state index contributed by atoms with van der Waals surface area (Å²) < 4.78 is 86.1. The fraction of sp³-hybridized carbons (Fsp3) is 0.500. The topological polar surface area (TPSA) is 32.7 Å². The van der Waals surface area contributed by atoms with Gasteiger partial charge in [-0.15, -0.1) is 0 Å². The molecule has 1 N–H and O–H groups in total. The maximum Gasteiger partial charge on any atom is 0.416 e.